The second-order valence-electron chi connectivity index (χ2n) is 7.25. The van der Waals surface area contributed by atoms with E-state index in [9.17, 15) is 0 Å². The van der Waals surface area contributed by atoms with Gasteiger partial charge >= 0.3 is 0 Å². The number of hydrogen-bond donors (Lipinski definition) is 2. The minimum absolute atomic E-state index is 0.175. The molecule has 3 heterocycles. The molecule has 0 atom stereocenters. The summed E-state index contributed by atoms with van der Waals surface area (Å²) in [6.45, 7) is 3.34. The van der Waals surface area contributed by atoms with Crippen molar-refractivity contribution in [3.63, 3.8) is 0 Å². The summed E-state index contributed by atoms with van der Waals surface area (Å²) in [5.41, 5.74) is 3.53. The Kier molecular flexibility index (Phi) is 3.54. The summed E-state index contributed by atoms with van der Waals surface area (Å²) in [7, 11) is 0. The largest absolute Gasteiger partial charge is 0.487 e. The van der Waals surface area contributed by atoms with Crippen molar-refractivity contribution in [1.82, 2.24) is 10.3 Å². The normalized spacial score (nSPS) is 27.4. The number of nitrogens with zero attached hydrogens (tertiary/aromatic N) is 2. The second-order valence-corrected chi connectivity index (χ2v) is 7.66. The van der Waals surface area contributed by atoms with Crippen LogP contribution in [0.3, 0.4) is 0 Å². The monoisotopic (exact) mass is 356 g/mol. The highest BCUT2D eigenvalue weighted by Crippen LogP contribution is 2.49. The number of fused-ring (bicyclic) bond motifs is 1. The molecule has 0 amide bonds. The van der Waals surface area contributed by atoms with Gasteiger partial charge in [0.15, 0.2) is 5.75 Å². The van der Waals surface area contributed by atoms with E-state index in [1.54, 1.807) is 0 Å². The summed E-state index contributed by atoms with van der Waals surface area (Å²) in [4.78, 5) is 6.73. The zero-order valence-electron chi connectivity index (χ0n) is 14.0. The topological polar surface area (TPSA) is 49.4 Å². The van der Waals surface area contributed by atoms with Crippen molar-refractivity contribution in [2.75, 3.05) is 36.6 Å². The lowest BCUT2D eigenvalue weighted by Crippen LogP contribution is -2.52. The molecule has 2 aromatic rings. The van der Waals surface area contributed by atoms with Crippen molar-refractivity contribution in [1.29, 1.82) is 0 Å². The molecule has 1 aliphatic carbocycles. The number of aromatic nitrogens is 1. The lowest BCUT2D eigenvalue weighted by Gasteiger charge is -2.45. The summed E-state index contributed by atoms with van der Waals surface area (Å²) in [5.74, 6) is 1.48. The van der Waals surface area contributed by atoms with Crippen LogP contribution in [0, 0.1) is 0 Å². The molecule has 5 nitrogen and oxygen atoms in total. The maximum atomic E-state index is 6.37. The quantitative estimate of drug-likeness (QED) is 0.865. The van der Waals surface area contributed by atoms with E-state index in [2.05, 4.69) is 32.7 Å². The number of hydrogen-bond acceptors (Lipinski definition) is 5. The van der Waals surface area contributed by atoms with Gasteiger partial charge < -0.3 is 15.0 Å². The number of ether oxygens (including phenoxy) is 1. The maximum Gasteiger partial charge on any atom is 0.168 e. The van der Waals surface area contributed by atoms with Crippen molar-refractivity contribution in [2.24, 2.45) is 0 Å². The molecule has 0 radical (unpaired) electrons. The van der Waals surface area contributed by atoms with Gasteiger partial charge in [0.2, 0.25) is 0 Å². The van der Waals surface area contributed by atoms with Gasteiger partial charge in [-0.2, -0.15) is 0 Å². The third kappa shape index (κ3) is 2.53. The second kappa shape index (κ2) is 5.78. The predicted octanol–water partition coefficient (Wildman–Crippen LogP) is 3.22. The van der Waals surface area contributed by atoms with Crippen LogP contribution in [0.15, 0.2) is 36.7 Å². The molecule has 5 rings (SSSR count). The zero-order valence-corrected chi connectivity index (χ0v) is 14.7. The number of pyridine rings is 1. The zero-order chi connectivity index (χ0) is 16.9. The summed E-state index contributed by atoms with van der Waals surface area (Å²) in [6, 6.07) is 8.22. The van der Waals surface area contributed by atoms with Crippen LogP contribution < -0.4 is 20.3 Å². The van der Waals surface area contributed by atoms with Gasteiger partial charge in [-0.3, -0.25) is 10.3 Å². The van der Waals surface area contributed by atoms with Crippen molar-refractivity contribution in [3.8, 4) is 5.75 Å². The highest BCUT2D eigenvalue weighted by Gasteiger charge is 2.49. The van der Waals surface area contributed by atoms with Crippen molar-refractivity contribution < 1.29 is 4.74 Å². The van der Waals surface area contributed by atoms with E-state index in [4.69, 9.17) is 16.3 Å². The minimum atomic E-state index is 0.175. The van der Waals surface area contributed by atoms with Crippen LogP contribution in [0.25, 0.3) is 0 Å². The first-order valence-corrected chi connectivity index (χ1v) is 9.21. The van der Waals surface area contributed by atoms with E-state index in [1.807, 2.05) is 24.5 Å². The molecule has 6 heteroatoms. The molecule has 2 N–H and O–H groups in total. The molecule has 2 aliphatic heterocycles. The van der Waals surface area contributed by atoms with Crippen LogP contribution in [-0.4, -0.2) is 36.9 Å². The van der Waals surface area contributed by atoms with Gasteiger partial charge in [-0.05, 0) is 30.4 Å². The molecule has 130 valence electrons. The molecule has 1 aromatic carbocycles. The lowest BCUT2D eigenvalue weighted by molar-refractivity contribution is 0.194. The van der Waals surface area contributed by atoms with E-state index in [0.29, 0.717) is 12.5 Å². The van der Waals surface area contributed by atoms with Gasteiger partial charge in [0, 0.05) is 23.7 Å². The van der Waals surface area contributed by atoms with Crippen molar-refractivity contribution in [3.05, 3.63) is 47.2 Å². The molecule has 1 aromatic heterocycles. The average Bonchev–Trinajstić information content (AvgIpc) is 3.06. The molecule has 0 bridgehead atoms. The number of anilines is 2. The minimum Gasteiger partial charge on any atom is -0.487 e. The third-order valence-electron chi connectivity index (χ3n) is 5.64. The van der Waals surface area contributed by atoms with Gasteiger partial charge in [-0.15, -0.1) is 0 Å². The Morgan fingerprint density at radius 1 is 1.24 bits per heavy atom. The summed E-state index contributed by atoms with van der Waals surface area (Å²) >= 11 is 6.37. The van der Waals surface area contributed by atoms with Gasteiger partial charge in [0.25, 0.3) is 0 Å². The Morgan fingerprint density at radius 2 is 2.12 bits per heavy atom. The highest BCUT2D eigenvalue weighted by molar-refractivity contribution is 6.31. The molecule has 0 unspecified atom stereocenters. The van der Waals surface area contributed by atoms with Gasteiger partial charge in [-0.25, -0.2) is 0 Å². The van der Waals surface area contributed by atoms with E-state index < -0.39 is 0 Å². The van der Waals surface area contributed by atoms with Crippen molar-refractivity contribution in [2.45, 2.75) is 24.3 Å². The molecular weight excluding hydrogens is 336 g/mol. The lowest BCUT2D eigenvalue weighted by atomic mass is 9.66. The molecule has 1 spiro atoms. The Balaban J connectivity index is 1.33. The Hall–Kier alpha value is -1.98. The van der Waals surface area contributed by atoms with E-state index >= 15 is 0 Å². The summed E-state index contributed by atoms with van der Waals surface area (Å²) in [5, 5.41) is 7.97. The molecule has 1 saturated carbocycles. The van der Waals surface area contributed by atoms with E-state index in [-0.39, 0.29) is 5.54 Å². The van der Waals surface area contributed by atoms with E-state index in [0.717, 1.165) is 54.7 Å². The maximum absolute atomic E-state index is 6.37. The van der Waals surface area contributed by atoms with Crippen LogP contribution in [0.4, 0.5) is 11.4 Å². The molecule has 3 aliphatic rings. The predicted molar refractivity (Wildman–Crippen MR) is 99.7 cm³/mol. The number of nitrogens with one attached hydrogen (secondary N) is 2. The van der Waals surface area contributed by atoms with Crippen molar-refractivity contribution >= 4 is 23.0 Å². The first-order valence-electron chi connectivity index (χ1n) is 8.83. The summed E-state index contributed by atoms with van der Waals surface area (Å²) in [6.07, 6.45) is 5.99. The van der Waals surface area contributed by atoms with Crippen LogP contribution in [0.5, 0.6) is 5.75 Å². The average molecular weight is 357 g/mol. The van der Waals surface area contributed by atoms with Crippen LogP contribution in [0.2, 0.25) is 5.02 Å². The van der Waals surface area contributed by atoms with Crippen LogP contribution >= 0.6 is 11.6 Å². The highest BCUT2D eigenvalue weighted by atomic mass is 35.5. The number of halogens is 1. The van der Waals surface area contributed by atoms with Gasteiger partial charge in [-0.1, -0.05) is 29.8 Å². The van der Waals surface area contributed by atoms with Gasteiger partial charge in [0.1, 0.15) is 12.3 Å². The number of benzene rings is 1. The standard InChI is InChI=1S/C19H21ClN4O/c20-15-4-2-1-3-14(15)13-7-19(8-13)11-24(12-23-19)17-10-21-9-16-18(17)25-6-5-22-16/h1-4,9-10,13,22-23H,5-8,11-12H2. The fraction of sp³-hybridized carbons (Fsp3) is 0.421. The fourth-order valence-electron chi connectivity index (χ4n) is 4.37. The van der Waals surface area contributed by atoms with Crippen LogP contribution in [-0.2, 0) is 0 Å². The molecule has 1 saturated heterocycles. The Bertz CT molecular complexity index is 806. The SMILES string of the molecule is Clc1ccccc1C1CC2(C1)CN(c1cncc3c1OCCN3)CN2. The van der Waals surface area contributed by atoms with Gasteiger partial charge in [0.05, 0.1) is 24.7 Å². The fourth-order valence-corrected chi connectivity index (χ4v) is 4.66. The number of rotatable bonds is 2. The Labute approximate surface area is 152 Å². The first-order chi connectivity index (χ1) is 12.2. The van der Waals surface area contributed by atoms with Crippen LogP contribution in [0.1, 0.15) is 24.3 Å². The molecule has 2 fully saturated rings. The summed E-state index contributed by atoms with van der Waals surface area (Å²) < 4.78 is 5.90. The van der Waals surface area contributed by atoms with E-state index in [1.165, 1.54) is 5.56 Å². The smallest absolute Gasteiger partial charge is 0.168 e. The molecule has 25 heavy (non-hydrogen) atoms. The molecular formula is C19H21ClN4O. The third-order valence-corrected chi connectivity index (χ3v) is 5.98. The Morgan fingerprint density at radius 3 is 3.00 bits per heavy atom. The first kappa shape index (κ1) is 15.3.